The number of hydrogen-bond acceptors (Lipinski definition) is 2. The number of aryl methyl sites for hydroxylation is 1. The number of fused-ring (bicyclic) bond motifs is 2. The molecule has 88 valence electrons. The van der Waals surface area contributed by atoms with Gasteiger partial charge in [-0.25, -0.2) is 0 Å². The summed E-state index contributed by atoms with van der Waals surface area (Å²) in [6.07, 6.45) is 3.00. The molecule has 3 atom stereocenters. The highest BCUT2D eigenvalue weighted by atomic mass is 16.2. The monoisotopic (exact) mass is 228 g/mol. The van der Waals surface area contributed by atoms with Crippen LogP contribution >= 0.6 is 0 Å². The van der Waals surface area contributed by atoms with Gasteiger partial charge in [-0.3, -0.25) is 9.59 Å². The van der Waals surface area contributed by atoms with E-state index in [0.717, 1.165) is 24.8 Å². The molecule has 2 nitrogen and oxygen atoms in total. The Kier molecular flexibility index (Phi) is 2.39. The molecule has 3 rings (SSSR count). The van der Waals surface area contributed by atoms with Crippen LogP contribution in [0.1, 0.15) is 35.2 Å². The van der Waals surface area contributed by atoms with Crippen LogP contribution in [0.15, 0.2) is 24.3 Å². The summed E-state index contributed by atoms with van der Waals surface area (Å²) in [6, 6.07) is 7.56. The fourth-order valence-electron chi connectivity index (χ4n) is 3.30. The number of rotatable bonds is 2. The highest BCUT2D eigenvalue weighted by molar-refractivity contribution is 6.12. The Balaban J connectivity index is 1.88. The Labute approximate surface area is 101 Å². The summed E-state index contributed by atoms with van der Waals surface area (Å²) in [5.74, 6) is 0.409. The number of benzene rings is 1. The van der Waals surface area contributed by atoms with Gasteiger partial charge in [0, 0.05) is 11.5 Å². The van der Waals surface area contributed by atoms with Gasteiger partial charge in [-0.2, -0.15) is 0 Å². The molecule has 17 heavy (non-hydrogen) atoms. The summed E-state index contributed by atoms with van der Waals surface area (Å²) in [5, 5.41) is 0. The first-order valence-electron chi connectivity index (χ1n) is 6.31. The van der Waals surface area contributed by atoms with Gasteiger partial charge in [0.15, 0.2) is 5.78 Å². The zero-order chi connectivity index (χ0) is 12.0. The molecule has 2 saturated carbocycles. The van der Waals surface area contributed by atoms with Crippen molar-refractivity contribution >= 4 is 11.6 Å². The van der Waals surface area contributed by atoms with Gasteiger partial charge in [0.05, 0.1) is 5.92 Å². The minimum atomic E-state index is -0.337. The lowest BCUT2D eigenvalue weighted by molar-refractivity contribution is -0.124. The van der Waals surface area contributed by atoms with Crippen molar-refractivity contribution in [3.05, 3.63) is 35.4 Å². The molecule has 0 amide bonds. The van der Waals surface area contributed by atoms with E-state index in [1.54, 1.807) is 0 Å². The molecular formula is C15H16O2. The second kappa shape index (κ2) is 3.80. The van der Waals surface area contributed by atoms with E-state index in [1.807, 2.05) is 31.2 Å². The number of hydrogen-bond donors (Lipinski definition) is 0. The van der Waals surface area contributed by atoms with Gasteiger partial charge in [0.2, 0.25) is 0 Å². The van der Waals surface area contributed by atoms with Crippen LogP contribution in [0.2, 0.25) is 0 Å². The highest BCUT2D eigenvalue weighted by Gasteiger charge is 2.49. The van der Waals surface area contributed by atoms with Crippen LogP contribution in [-0.4, -0.2) is 11.6 Å². The molecule has 2 bridgehead atoms. The normalized spacial score (nSPS) is 30.9. The lowest BCUT2D eigenvalue weighted by atomic mass is 9.82. The predicted octanol–water partition coefficient (Wildman–Crippen LogP) is 2.79. The van der Waals surface area contributed by atoms with Crippen molar-refractivity contribution < 1.29 is 9.59 Å². The second-order valence-electron chi connectivity index (χ2n) is 5.38. The van der Waals surface area contributed by atoms with Crippen molar-refractivity contribution in [3.63, 3.8) is 0 Å². The van der Waals surface area contributed by atoms with Crippen LogP contribution in [0.25, 0.3) is 0 Å². The van der Waals surface area contributed by atoms with Gasteiger partial charge >= 0.3 is 0 Å². The van der Waals surface area contributed by atoms with Crippen molar-refractivity contribution in [2.24, 2.45) is 17.8 Å². The quantitative estimate of drug-likeness (QED) is 0.576. The zero-order valence-electron chi connectivity index (χ0n) is 9.98. The maximum Gasteiger partial charge on any atom is 0.173 e. The molecule has 0 saturated heterocycles. The molecule has 2 aliphatic rings. The molecule has 1 aromatic carbocycles. The highest BCUT2D eigenvalue weighted by Crippen LogP contribution is 2.46. The van der Waals surface area contributed by atoms with Gasteiger partial charge in [-0.15, -0.1) is 0 Å². The van der Waals surface area contributed by atoms with Crippen LogP contribution in [-0.2, 0) is 4.79 Å². The average molecular weight is 228 g/mol. The zero-order valence-corrected chi connectivity index (χ0v) is 9.98. The Bertz CT molecular complexity index is 472. The summed E-state index contributed by atoms with van der Waals surface area (Å²) < 4.78 is 0. The van der Waals surface area contributed by atoms with Crippen LogP contribution in [0.3, 0.4) is 0 Å². The number of carbonyl (C=O) groups excluding carboxylic acids is 2. The molecule has 0 aliphatic heterocycles. The minimum absolute atomic E-state index is 0.0437. The van der Waals surface area contributed by atoms with Crippen LogP contribution in [0.4, 0.5) is 0 Å². The predicted molar refractivity (Wildman–Crippen MR) is 64.8 cm³/mol. The number of carbonyl (C=O) groups is 2. The lowest BCUT2D eigenvalue weighted by Crippen LogP contribution is -2.29. The Morgan fingerprint density at radius 1 is 1.18 bits per heavy atom. The SMILES string of the molecule is Cc1ccc(C(=O)[C@@H]2C(=O)[C@H]3CC[C@@H]2C3)cc1. The second-order valence-corrected chi connectivity index (χ2v) is 5.38. The molecule has 0 N–H and O–H groups in total. The van der Waals surface area contributed by atoms with Crippen LogP contribution in [0, 0.1) is 24.7 Å². The molecule has 0 unspecified atom stereocenters. The van der Waals surface area contributed by atoms with E-state index < -0.39 is 0 Å². The first-order valence-corrected chi connectivity index (χ1v) is 6.31. The van der Waals surface area contributed by atoms with Gasteiger partial charge in [-0.05, 0) is 32.1 Å². The maximum absolute atomic E-state index is 12.3. The molecule has 2 heteroatoms. The third-order valence-electron chi connectivity index (χ3n) is 4.27. The van der Waals surface area contributed by atoms with E-state index in [2.05, 4.69) is 0 Å². The molecule has 2 aliphatic carbocycles. The van der Waals surface area contributed by atoms with Crippen molar-refractivity contribution in [1.29, 1.82) is 0 Å². The Morgan fingerprint density at radius 3 is 2.47 bits per heavy atom. The van der Waals surface area contributed by atoms with E-state index >= 15 is 0 Å². The lowest BCUT2D eigenvalue weighted by Gasteiger charge is -2.19. The van der Waals surface area contributed by atoms with E-state index in [9.17, 15) is 9.59 Å². The van der Waals surface area contributed by atoms with Crippen molar-refractivity contribution in [2.45, 2.75) is 26.2 Å². The topological polar surface area (TPSA) is 34.1 Å². The standard InChI is InChI=1S/C15H16O2/c1-9-2-4-10(5-3-9)14(16)13-11-6-7-12(8-11)15(13)17/h2-5,11-13H,6-8H2,1H3/t11-,12+,13-/m1/s1. The first kappa shape index (κ1) is 10.7. The molecule has 1 aromatic rings. The summed E-state index contributed by atoms with van der Waals surface area (Å²) >= 11 is 0. The third-order valence-corrected chi connectivity index (χ3v) is 4.27. The molecule has 2 fully saturated rings. The van der Waals surface area contributed by atoms with Crippen LogP contribution in [0.5, 0.6) is 0 Å². The number of ketones is 2. The first-order chi connectivity index (χ1) is 8.16. The molecule has 0 spiro atoms. The summed E-state index contributed by atoms with van der Waals surface area (Å²) in [5.41, 5.74) is 1.84. The number of Topliss-reactive ketones (excluding diaryl/α,β-unsaturated/α-hetero) is 2. The van der Waals surface area contributed by atoms with Gasteiger partial charge in [-0.1, -0.05) is 29.8 Å². The molecular weight excluding hydrogens is 212 g/mol. The van der Waals surface area contributed by atoms with Crippen molar-refractivity contribution in [1.82, 2.24) is 0 Å². The van der Waals surface area contributed by atoms with Crippen molar-refractivity contribution in [3.8, 4) is 0 Å². The van der Waals surface area contributed by atoms with Crippen molar-refractivity contribution in [2.75, 3.05) is 0 Å². The third kappa shape index (κ3) is 1.63. The van der Waals surface area contributed by atoms with E-state index in [1.165, 1.54) is 0 Å². The summed E-state index contributed by atoms with van der Waals surface area (Å²) in [4.78, 5) is 24.4. The van der Waals surface area contributed by atoms with E-state index in [0.29, 0.717) is 11.5 Å². The van der Waals surface area contributed by atoms with E-state index in [4.69, 9.17) is 0 Å². The Hall–Kier alpha value is -1.44. The van der Waals surface area contributed by atoms with Gasteiger partial charge in [0.1, 0.15) is 5.78 Å². The largest absolute Gasteiger partial charge is 0.299 e. The summed E-state index contributed by atoms with van der Waals surface area (Å²) in [6.45, 7) is 2.00. The molecule has 0 heterocycles. The van der Waals surface area contributed by atoms with Gasteiger partial charge < -0.3 is 0 Å². The fraction of sp³-hybridized carbons (Fsp3) is 0.467. The maximum atomic E-state index is 12.3. The average Bonchev–Trinajstić information content (AvgIpc) is 2.89. The molecule has 0 radical (unpaired) electrons. The smallest absolute Gasteiger partial charge is 0.173 e. The van der Waals surface area contributed by atoms with E-state index in [-0.39, 0.29) is 23.4 Å². The fourth-order valence-corrected chi connectivity index (χ4v) is 3.30. The van der Waals surface area contributed by atoms with Gasteiger partial charge in [0.25, 0.3) is 0 Å². The Morgan fingerprint density at radius 2 is 1.88 bits per heavy atom. The van der Waals surface area contributed by atoms with Crippen LogP contribution < -0.4 is 0 Å². The summed E-state index contributed by atoms with van der Waals surface area (Å²) in [7, 11) is 0. The molecule has 0 aromatic heterocycles. The minimum Gasteiger partial charge on any atom is -0.299 e.